The monoisotopic (exact) mass is 280 g/mol. The maximum Gasteiger partial charge on any atom is 0.391 e. The van der Waals surface area contributed by atoms with Crippen molar-refractivity contribution in [2.45, 2.75) is 50.9 Å². The molecule has 2 aliphatic rings. The standard InChI is InChI=1S/C11H15F3N2OS/c1-6-9(17)16(10(18)15-6)8-4-2-3-7(5-8)11(12,13)14/h6-8H,2-5H2,1H3,(H,15,18)/t6-,7-,8+/m0/s1. The lowest BCUT2D eigenvalue weighted by Crippen LogP contribution is -2.45. The molecular weight excluding hydrogens is 265 g/mol. The summed E-state index contributed by atoms with van der Waals surface area (Å²) in [5.74, 6) is -1.53. The predicted molar refractivity (Wildman–Crippen MR) is 63.8 cm³/mol. The SMILES string of the molecule is C[C@@H]1NC(=S)N([C@@H]2CCC[C@H](C(F)(F)F)C2)C1=O. The van der Waals surface area contributed by atoms with Gasteiger partial charge in [0.15, 0.2) is 5.11 Å². The van der Waals surface area contributed by atoms with Crippen LogP contribution in [-0.2, 0) is 4.79 Å². The number of alkyl halides is 3. The van der Waals surface area contributed by atoms with Gasteiger partial charge in [-0.1, -0.05) is 6.42 Å². The molecule has 18 heavy (non-hydrogen) atoms. The molecule has 1 saturated heterocycles. The number of nitrogens with one attached hydrogen (secondary N) is 1. The normalized spacial score (nSPS) is 33.8. The van der Waals surface area contributed by atoms with Gasteiger partial charge in [-0.2, -0.15) is 13.2 Å². The highest BCUT2D eigenvalue weighted by Crippen LogP contribution is 2.39. The van der Waals surface area contributed by atoms with E-state index in [4.69, 9.17) is 12.2 Å². The third-order valence-electron chi connectivity index (χ3n) is 3.64. The molecule has 3 nitrogen and oxygen atoms in total. The molecule has 1 aliphatic carbocycles. The van der Waals surface area contributed by atoms with Gasteiger partial charge < -0.3 is 5.32 Å². The summed E-state index contributed by atoms with van der Waals surface area (Å²) in [7, 11) is 0. The van der Waals surface area contributed by atoms with Gasteiger partial charge in [0.25, 0.3) is 5.91 Å². The molecule has 3 atom stereocenters. The summed E-state index contributed by atoms with van der Waals surface area (Å²) in [6, 6.07) is -0.841. The third-order valence-corrected chi connectivity index (χ3v) is 3.96. The number of thiocarbonyl (C=S) groups is 1. The third kappa shape index (κ3) is 2.46. The fourth-order valence-corrected chi connectivity index (χ4v) is 3.08. The van der Waals surface area contributed by atoms with E-state index in [0.717, 1.165) is 0 Å². The van der Waals surface area contributed by atoms with E-state index in [2.05, 4.69) is 5.32 Å². The Labute approximate surface area is 109 Å². The van der Waals surface area contributed by atoms with Crippen LogP contribution in [0.15, 0.2) is 0 Å². The lowest BCUT2D eigenvalue weighted by Gasteiger charge is -2.35. The van der Waals surface area contributed by atoms with Crippen LogP contribution in [0, 0.1) is 5.92 Å². The van der Waals surface area contributed by atoms with Crippen molar-refractivity contribution in [3.8, 4) is 0 Å². The Bertz CT molecular complexity index is 372. The topological polar surface area (TPSA) is 32.3 Å². The molecule has 1 N–H and O–H groups in total. The summed E-state index contributed by atoms with van der Waals surface area (Å²) in [5, 5.41) is 3.06. The van der Waals surface area contributed by atoms with Gasteiger partial charge >= 0.3 is 6.18 Å². The lowest BCUT2D eigenvalue weighted by atomic mass is 9.84. The van der Waals surface area contributed by atoms with Gasteiger partial charge in [-0.15, -0.1) is 0 Å². The molecule has 0 aromatic rings. The van der Waals surface area contributed by atoms with Crippen molar-refractivity contribution in [1.29, 1.82) is 0 Å². The van der Waals surface area contributed by atoms with E-state index in [1.165, 1.54) is 4.90 Å². The quantitative estimate of drug-likeness (QED) is 0.747. The van der Waals surface area contributed by atoms with Gasteiger partial charge in [-0.25, -0.2) is 0 Å². The van der Waals surface area contributed by atoms with Crippen molar-refractivity contribution >= 4 is 23.2 Å². The highest BCUT2D eigenvalue weighted by atomic mass is 32.1. The summed E-state index contributed by atoms with van der Waals surface area (Å²) < 4.78 is 38.2. The number of rotatable bonds is 1. The van der Waals surface area contributed by atoms with Crippen molar-refractivity contribution < 1.29 is 18.0 Å². The number of hydrogen-bond acceptors (Lipinski definition) is 2. The second-order valence-corrected chi connectivity index (χ2v) is 5.33. The first kappa shape index (κ1) is 13.6. The minimum atomic E-state index is -4.18. The van der Waals surface area contributed by atoms with E-state index >= 15 is 0 Å². The minimum absolute atomic E-state index is 0.0379. The van der Waals surface area contributed by atoms with Gasteiger partial charge in [0.2, 0.25) is 0 Å². The van der Waals surface area contributed by atoms with Gasteiger partial charge in [-0.05, 0) is 38.4 Å². The predicted octanol–water partition coefficient (Wildman–Crippen LogP) is 2.21. The Balaban J connectivity index is 2.10. The molecule has 1 heterocycles. The van der Waals surface area contributed by atoms with Crippen molar-refractivity contribution in [2.75, 3.05) is 0 Å². The molecule has 2 rings (SSSR count). The van der Waals surface area contributed by atoms with Crippen molar-refractivity contribution in [1.82, 2.24) is 10.2 Å². The molecule has 0 spiro atoms. The van der Waals surface area contributed by atoms with Crippen LogP contribution >= 0.6 is 12.2 Å². The second kappa shape index (κ2) is 4.68. The van der Waals surface area contributed by atoms with Crippen molar-refractivity contribution in [3.05, 3.63) is 0 Å². The minimum Gasteiger partial charge on any atom is -0.351 e. The van der Waals surface area contributed by atoms with Gasteiger partial charge in [0.1, 0.15) is 6.04 Å². The van der Waals surface area contributed by atoms with E-state index in [9.17, 15) is 18.0 Å². The maximum absolute atomic E-state index is 12.7. The Kier molecular flexibility index (Phi) is 3.53. The molecule has 0 radical (unpaired) electrons. The maximum atomic E-state index is 12.7. The Hall–Kier alpha value is -0.850. The number of carbonyl (C=O) groups is 1. The van der Waals surface area contributed by atoms with Crippen LogP contribution in [0.1, 0.15) is 32.6 Å². The zero-order valence-corrected chi connectivity index (χ0v) is 10.8. The van der Waals surface area contributed by atoms with Crippen LogP contribution in [0.4, 0.5) is 13.2 Å². The summed E-state index contributed by atoms with van der Waals surface area (Å²) in [6.07, 6.45) is -2.99. The fraction of sp³-hybridized carbons (Fsp3) is 0.818. The smallest absolute Gasteiger partial charge is 0.351 e. The van der Waals surface area contributed by atoms with Crippen molar-refractivity contribution in [2.24, 2.45) is 5.92 Å². The molecule has 2 fully saturated rings. The van der Waals surface area contributed by atoms with E-state index in [1.54, 1.807) is 6.92 Å². The highest BCUT2D eigenvalue weighted by Gasteiger charge is 2.46. The van der Waals surface area contributed by atoms with E-state index in [-0.39, 0.29) is 23.9 Å². The first-order chi connectivity index (χ1) is 8.30. The van der Waals surface area contributed by atoms with Crippen LogP contribution in [0.3, 0.4) is 0 Å². The Morgan fingerprint density at radius 3 is 2.56 bits per heavy atom. The average Bonchev–Trinajstić information content (AvgIpc) is 2.52. The summed E-state index contributed by atoms with van der Waals surface area (Å²) in [5.41, 5.74) is 0. The largest absolute Gasteiger partial charge is 0.391 e. The number of nitrogens with zero attached hydrogens (tertiary/aromatic N) is 1. The van der Waals surface area contributed by atoms with Gasteiger partial charge in [-0.3, -0.25) is 9.69 Å². The summed E-state index contributed by atoms with van der Waals surface area (Å²) in [4.78, 5) is 13.2. The molecule has 0 aromatic carbocycles. The lowest BCUT2D eigenvalue weighted by molar-refractivity contribution is -0.186. The van der Waals surface area contributed by atoms with Gasteiger partial charge in [0.05, 0.1) is 5.92 Å². The number of carbonyl (C=O) groups excluding carboxylic acids is 1. The highest BCUT2D eigenvalue weighted by molar-refractivity contribution is 7.80. The molecule has 1 amide bonds. The van der Waals surface area contributed by atoms with Crippen LogP contribution < -0.4 is 5.32 Å². The first-order valence-corrected chi connectivity index (χ1v) is 6.42. The second-order valence-electron chi connectivity index (χ2n) is 4.94. The number of hydrogen-bond donors (Lipinski definition) is 1. The van der Waals surface area contributed by atoms with Crippen LogP contribution in [0.2, 0.25) is 0 Å². The van der Waals surface area contributed by atoms with E-state index in [0.29, 0.717) is 12.8 Å². The van der Waals surface area contributed by atoms with Crippen molar-refractivity contribution in [3.63, 3.8) is 0 Å². The average molecular weight is 280 g/mol. The summed E-state index contributed by atoms with van der Waals surface area (Å²) in [6.45, 7) is 1.67. The van der Waals surface area contributed by atoms with Crippen LogP contribution in [0.25, 0.3) is 0 Å². The number of halogens is 3. The zero-order chi connectivity index (χ0) is 13.5. The Morgan fingerprint density at radius 2 is 2.06 bits per heavy atom. The molecular formula is C11H15F3N2OS. The molecule has 1 saturated carbocycles. The molecule has 102 valence electrons. The van der Waals surface area contributed by atoms with E-state index in [1.807, 2.05) is 0 Å². The fourth-order valence-electron chi connectivity index (χ4n) is 2.67. The van der Waals surface area contributed by atoms with Crippen LogP contribution in [0.5, 0.6) is 0 Å². The van der Waals surface area contributed by atoms with Crippen LogP contribution in [-0.4, -0.2) is 34.2 Å². The zero-order valence-electron chi connectivity index (χ0n) is 9.96. The molecule has 0 bridgehead atoms. The summed E-state index contributed by atoms with van der Waals surface area (Å²) >= 11 is 5.02. The Morgan fingerprint density at radius 1 is 1.39 bits per heavy atom. The van der Waals surface area contributed by atoms with Gasteiger partial charge in [0, 0.05) is 6.04 Å². The van der Waals surface area contributed by atoms with E-state index < -0.39 is 24.2 Å². The molecule has 1 aliphatic heterocycles. The first-order valence-electron chi connectivity index (χ1n) is 6.01. The molecule has 0 aromatic heterocycles. The molecule has 0 unspecified atom stereocenters. The molecule has 7 heteroatoms. The number of amides is 1.